The van der Waals surface area contributed by atoms with Crippen molar-refractivity contribution in [3.63, 3.8) is 0 Å². The average molecular weight is 220 g/mol. The van der Waals surface area contributed by atoms with Crippen molar-refractivity contribution in [1.82, 2.24) is 10.3 Å². The van der Waals surface area contributed by atoms with Crippen LogP contribution in [0.25, 0.3) is 0 Å². The van der Waals surface area contributed by atoms with Crippen molar-refractivity contribution in [1.29, 1.82) is 0 Å². The largest absolute Gasteiger partial charge is 0.311 e. The van der Waals surface area contributed by atoms with Gasteiger partial charge in [-0.05, 0) is 31.0 Å². The lowest BCUT2D eigenvalue weighted by atomic mass is 9.99. The molecule has 0 saturated heterocycles. The highest BCUT2D eigenvalue weighted by Gasteiger charge is 2.04. The summed E-state index contributed by atoms with van der Waals surface area (Å²) < 4.78 is 0. The molecular formula is C14H24N2. The van der Waals surface area contributed by atoms with Gasteiger partial charge in [-0.2, -0.15) is 0 Å². The lowest BCUT2D eigenvalue weighted by Gasteiger charge is -2.14. The fourth-order valence-corrected chi connectivity index (χ4v) is 1.85. The van der Waals surface area contributed by atoms with Crippen LogP contribution in [0.2, 0.25) is 0 Å². The molecule has 1 aromatic rings. The third-order valence-electron chi connectivity index (χ3n) is 3.01. The number of rotatable bonds is 8. The quantitative estimate of drug-likeness (QED) is 0.726. The second kappa shape index (κ2) is 8.28. The maximum atomic E-state index is 4.30. The van der Waals surface area contributed by atoms with Crippen LogP contribution in [-0.2, 0) is 6.54 Å². The molecule has 0 bridgehead atoms. The van der Waals surface area contributed by atoms with Crippen molar-refractivity contribution in [3.8, 4) is 0 Å². The van der Waals surface area contributed by atoms with Gasteiger partial charge in [0.15, 0.2) is 0 Å². The van der Waals surface area contributed by atoms with Crippen molar-refractivity contribution in [3.05, 3.63) is 30.1 Å². The van der Waals surface area contributed by atoms with Gasteiger partial charge in [0.05, 0.1) is 5.69 Å². The van der Waals surface area contributed by atoms with E-state index in [0.717, 1.165) is 24.7 Å². The number of hydrogen-bond acceptors (Lipinski definition) is 2. The molecule has 0 spiro atoms. The molecule has 16 heavy (non-hydrogen) atoms. The van der Waals surface area contributed by atoms with Crippen LogP contribution >= 0.6 is 0 Å². The molecule has 0 aliphatic heterocycles. The Kier molecular flexibility index (Phi) is 6.82. The van der Waals surface area contributed by atoms with Gasteiger partial charge in [-0.3, -0.25) is 4.98 Å². The van der Waals surface area contributed by atoms with E-state index < -0.39 is 0 Å². The van der Waals surface area contributed by atoms with Crippen LogP contribution in [0, 0.1) is 5.92 Å². The van der Waals surface area contributed by atoms with Crippen molar-refractivity contribution in [2.24, 2.45) is 5.92 Å². The monoisotopic (exact) mass is 220 g/mol. The summed E-state index contributed by atoms with van der Waals surface area (Å²) in [6.45, 7) is 6.55. The Morgan fingerprint density at radius 2 is 2.19 bits per heavy atom. The van der Waals surface area contributed by atoms with E-state index in [0.29, 0.717) is 0 Å². The lowest BCUT2D eigenvalue weighted by Crippen LogP contribution is -2.22. The Morgan fingerprint density at radius 1 is 1.31 bits per heavy atom. The van der Waals surface area contributed by atoms with Crippen molar-refractivity contribution in [2.75, 3.05) is 6.54 Å². The Hall–Kier alpha value is -0.890. The standard InChI is InChI=1S/C14H24N2/c1-3-5-8-13(4-2)11-15-12-14-9-6-7-10-16-14/h6-7,9-10,13,15H,3-5,8,11-12H2,1-2H3/t13-/m1/s1. The van der Waals surface area contributed by atoms with E-state index in [9.17, 15) is 0 Å². The van der Waals surface area contributed by atoms with Gasteiger partial charge in [-0.25, -0.2) is 0 Å². The number of hydrogen-bond donors (Lipinski definition) is 1. The summed E-state index contributed by atoms with van der Waals surface area (Å²) in [5, 5.41) is 3.50. The van der Waals surface area contributed by atoms with Gasteiger partial charge in [0.2, 0.25) is 0 Å². The van der Waals surface area contributed by atoms with E-state index in [2.05, 4.69) is 30.2 Å². The molecule has 2 nitrogen and oxygen atoms in total. The first kappa shape index (κ1) is 13.2. The first-order chi connectivity index (χ1) is 7.86. The third kappa shape index (κ3) is 5.26. The lowest BCUT2D eigenvalue weighted by molar-refractivity contribution is 0.418. The molecule has 0 aliphatic carbocycles. The summed E-state index contributed by atoms with van der Waals surface area (Å²) >= 11 is 0. The molecule has 0 fully saturated rings. The van der Waals surface area contributed by atoms with E-state index >= 15 is 0 Å². The Morgan fingerprint density at radius 3 is 2.81 bits per heavy atom. The fourth-order valence-electron chi connectivity index (χ4n) is 1.85. The van der Waals surface area contributed by atoms with Crippen LogP contribution in [-0.4, -0.2) is 11.5 Å². The van der Waals surface area contributed by atoms with Gasteiger partial charge in [0, 0.05) is 12.7 Å². The minimum absolute atomic E-state index is 0.823. The van der Waals surface area contributed by atoms with Gasteiger partial charge in [-0.15, -0.1) is 0 Å². The molecule has 0 amide bonds. The van der Waals surface area contributed by atoms with E-state index in [1.165, 1.54) is 25.7 Å². The van der Waals surface area contributed by atoms with Crippen LogP contribution in [0.5, 0.6) is 0 Å². The summed E-state index contributed by atoms with van der Waals surface area (Å²) in [4.78, 5) is 4.30. The number of aromatic nitrogens is 1. The number of unbranched alkanes of at least 4 members (excludes halogenated alkanes) is 1. The molecule has 0 aliphatic rings. The minimum atomic E-state index is 0.823. The Labute approximate surface area is 99.5 Å². The number of nitrogens with one attached hydrogen (secondary N) is 1. The van der Waals surface area contributed by atoms with Crippen LogP contribution < -0.4 is 5.32 Å². The summed E-state index contributed by atoms with van der Waals surface area (Å²) in [6.07, 6.45) is 7.13. The molecular weight excluding hydrogens is 196 g/mol. The molecule has 0 aromatic carbocycles. The zero-order valence-electron chi connectivity index (χ0n) is 10.6. The molecule has 1 atom stereocenters. The number of pyridine rings is 1. The minimum Gasteiger partial charge on any atom is -0.311 e. The zero-order valence-corrected chi connectivity index (χ0v) is 10.6. The second-order valence-corrected chi connectivity index (χ2v) is 4.37. The Balaban J connectivity index is 2.18. The van der Waals surface area contributed by atoms with Crippen LogP contribution in [0.4, 0.5) is 0 Å². The molecule has 2 heteroatoms. The highest BCUT2D eigenvalue weighted by molar-refractivity contribution is 5.02. The predicted octanol–water partition coefficient (Wildman–Crippen LogP) is 3.39. The molecule has 1 N–H and O–H groups in total. The summed E-state index contributed by atoms with van der Waals surface area (Å²) in [7, 11) is 0. The van der Waals surface area contributed by atoms with Crippen LogP contribution in [0.15, 0.2) is 24.4 Å². The van der Waals surface area contributed by atoms with E-state index in [-0.39, 0.29) is 0 Å². The van der Waals surface area contributed by atoms with Gasteiger partial charge >= 0.3 is 0 Å². The van der Waals surface area contributed by atoms with E-state index in [1.54, 1.807) is 0 Å². The molecule has 1 aromatic heterocycles. The molecule has 1 heterocycles. The smallest absolute Gasteiger partial charge is 0.0541 e. The summed E-state index contributed by atoms with van der Waals surface area (Å²) in [5.41, 5.74) is 1.13. The van der Waals surface area contributed by atoms with Gasteiger partial charge in [0.1, 0.15) is 0 Å². The normalized spacial score (nSPS) is 12.6. The molecule has 0 radical (unpaired) electrons. The maximum Gasteiger partial charge on any atom is 0.0541 e. The summed E-state index contributed by atoms with van der Waals surface area (Å²) in [5.74, 6) is 0.823. The molecule has 1 rings (SSSR count). The second-order valence-electron chi connectivity index (χ2n) is 4.37. The number of nitrogens with zero attached hydrogens (tertiary/aromatic N) is 1. The van der Waals surface area contributed by atoms with E-state index in [1.807, 2.05) is 18.3 Å². The van der Waals surface area contributed by atoms with Crippen LogP contribution in [0.1, 0.15) is 45.2 Å². The highest BCUT2D eigenvalue weighted by Crippen LogP contribution is 2.11. The predicted molar refractivity (Wildman–Crippen MR) is 69.2 cm³/mol. The molecule has 0 saturated carbocycles. The molecule has 0 unspecified atom stereocenters. The van der Waals surface area contributed by atoms with Crippen molar-refractivity contribution in [2.45, 2.75) is 46.1 Å². The first-order valence-corrected chi connectivity index (χ1v) is 6.47. The topological polar surface area (TPSA) is 24.9 Å². The van der Waals surface area contributed by atoms with Gasteiger partial charge in [0.25, 0.3) is 0 Å². The Bertz CT molecular complexity index is 259. The zero-order chi connectivity index (χ0) is 11.6. The van der Waals surface area contributed by atoms with Gasteiger partial charge in [-0.1, -0.05) is 39.2 Å². The highest BCUT2D eigenvalue weighted by atomic mass is 14.9. The third-order valence-corrected chi connectivity index (χ3v) is 3.01. The van der Waals surface area contributed by atoms with E-state index in [4.69, 9.17) is 0 Å². The van der Waals surface area contributed by atoms with Crippen LogP contribution in [0.3, 0.4) is 0 Å². The van der Waals surface area contributed by atoms with Gasteiger partial charge < -0.3 is 5.32 Å². The molecule has 90 valence electrons. The maximum absolute atomic E-state index is 4.30. The van der Waals surface area contributed by atoms with Crippen molar-refractivity contribution >= 4 is 0 Å². The fraction of sp³-hybridized carbons (Fsp3) is 0.643. The SMILES string of the molecule is CCCC[C@@H](CC)CNCc1ccccn1. The first-order valence-electron chi connectivity index (χ1n) is 6.47. The van der Waals surface area contributed by atoms with Crippen molar-refractivity contribution < 1.29 is 0 Å². The average Bonchev–Trinajstić information content (AvgIpc) is 2.35. The summed E-state index contributed by atoms with van der Waals surface area (Å²) in [6, 6.07) is 6.07.